The molecule has 0 saturated carbocycles. The number of ether oxygens (including phenoxy) is 1. The second kappa shape index (κ2) is 10.0. The van der Waals surface area contributed by atoms with Gasteiger partial charge in [0.05, 0.1) is 0 Å². The lowest BCUT2D eigenvalue weighted by atomic mass is 9.91. The summed E-state index contributed by atoms with van der Waals surface area (Å²) in [6.07, 6.45) is 1.18. The lowest BCUT2D eigenvalue weighted by Gasteiger charge is -2.36. The molecule has 2 amide bonds. The summed E-state index contributed by atoms with van der Waals surface area (Å²) in [4.78, 5) is 30.1. The number of aliphatic hydroxyl groups is 1. The Kier molecular flexibility index (Phi) is 6.82. The molecule has 1 N–H and O–H groups in total. The number of amides is 2. The van der Waals surface area contributed by atoms with Crippen molar-refractivity contribution >= 4 is 22.6 Å². The summed E-state index contributed by atoms with van der Waals surface area (Å²) in [5, 5.41) is 12.3. The number of likely N-dealkylation sites (tertiary alicyclic amines) is 1. The summed E-state index contributed by atoms with van der Waals surface area (Å²) >= 11 is 0. The van der Waals surface area contributed by atoms with Crippen molar-refractivity contribution in [2.75, 3.05) is 32.8 Å². The van der Waals surface area contributed by atoms with E-state index in [1.165, 1.54) is 10.5 Å². The molecule has 3 aromatic rings. The van der Waals surface area contributed by atoms with E-state index in [1.54, 1.807) is 0 Å². The quantitative estimate of drug-likeness (QED) is 0.498. The van der Waals surface area contributed by atoms with Crippen LogP contribution in [0.25, 0.3) is 10.8 Å². The maximum Gasteiger partial charge on any atom is 0.261 e. The zero-order valence-corrected chi connectivity index (χ0v) is 21.3. The first kappa shape index (κ1) is 24.5. The third-order valence-corrected chi connectivity index (χ3v) is 7.50. The number of benzene rings is 3. The van der Waals surface area contributed by atoms with Gasteiger partial charge in [-0.1, -0.05) is 42.0 Å². The van der Waals surface area contributed by atoms with Crippen LogP contribution in [0.15, 0.2) is 48.5 Å². The van der Waals surface area contributed by atoms with Crippen LogP contribution in [-0.4, -0.2) is 65.6 Å². The molecule has 6 heteroatoms. The number of carbonyl (C=O) groups excluding carboxylic acids is 2. The molecular weight excluding hydrogens is 452 g/mol. The molecule has 0 unspecified atom stereocenters. The summed E-state index contributed by atoms with van der Waals surface area (Å²) in [5.74, 6) is 0.721. The molecule has 3 aromatic carbocycles. The van der Waals surface area contributed by atoms with Gasteiger partial charge in [-0.3, -0.25) is 14.5 Å². The number of β-amino-alcohol motifs (C(OH)–C–C–N with tert-alkyl or cyclic N) is 1. The topological polar surface area (TPSA) is 70.1 Å². The van der Waals surface area contributed by atoms with Gasteiger partial charge in [0.25, 0.3) is 11.8 Å². The van der Waals surface area contributed by atoms with Crippen molar-refractivity contribution in [3.63, 3.8) is 0 Å². The van der Waals surface area contributed by atoms with Crippen molar-refractivity contribution in [1.29, 1.82) is 0 Å². The summed E-state index contributed by atoms with van der Waals surface area (Å²) in [5.41, 5.74) is 4.60. The molecule has 0 aliphatic carbocycles. The van der Waals surface area contributed by atoms with E-state index in [0.29, 0.717) is 24.2 Å². The summed E-state index contributed by atoms with van der Waals surface area (Å²) in [6, 6.07) is 15.5. The number of aryl methyl sites for hydroxylation is 3. The Bertz CT molecular complexity index is 1240. The van der Waals surface area contributed by atoms with Gasteiger partial charge in [-0.2, -0.15) is 0 Å². The van der Waals surface area contributed by atoms with Crippen molar-refractivity contribution < 1.29 is 19.4 Å². The minimum absolute atomic E-state index is 0.194. The Hall–Kier alpha value is -3.22. The summed E-state index contributed by atoms with van der Waals surface area (Å²) in [7, 11) is 0. The average Bonchev–Trinajstić information content (AvgIpc) is 2.85. The van der Waals surface area contributed by atoms with Gasteiger partial charge in [0.2, 0.25) is 0 Å². The van der Waals surface area contributed by atoms with Crippen molar-refractivity contribution in [2.45, 2.75) is 39.7 Å². The Morgan fingerprint density at radius 3 is 2.11 bits per heavy atom. The second-order valence-corrected chi connectivity index (χ2v) is 10.4. The fourth-order valence-corrected chi connectivity index (χ4v) is 5.78. The van der Waals surface area contributed by atoms with Gasteiger partial charge >= 0.3 is 0 Å². The minimum atomic E-state index is -0.580. The SMILES string of the molecule is Cc1cc(C)c(OC[C@@H](O)CN2CCC(CN3C(=O)c4cccc5cccc(c45)C3=O)CC2)c(C)c1. The van der Waals surface area contributed by atoms with Gasteiger partial charge < -0.3 is 14.7 Å². The molecule has 0 spiro atoms. The highest BCUT2D eigenvalue weighted by atomic mass is 16.5. The van der Waals surface area contributed by atoms with Crippen LogP contribution in [0.1, 0.15) is 50.2 Å². The van der Waals surface area contributed by atoms with Gasteiger partial charge in [0.1, 0.15) is 18.5 Å². The Balaban J connectivity index is 1.14. The average molecular weight is 487 g/mol. The minimum Gasteiger partial charge on any atom is -0.490 e. The molecule has 6 nitrogen and oxygen atoms in total. The Morgan fingerprint density at radius 1 is 0.944 bits per heavy atom. The lowest BCUT2D eigenvalue weighted by Crippen LogP contribution is -2.46. The summed E-state index contributed by atoms with van der Waals surface area (Å²) < 4.78 is 5.97. The fourth-order valence-electron chi connectivity index (χ4n) is 5.78. The Labute approximate surface area is 212 Å². The van der Waals surface area contributed by atoms with Crippen LogP contribution in [0.5, 0.6) is 5.75 Å². The molecule has 1 atom stereocenters. The van der Waals surface area contributed by atoms with E-state index in [-0.39, 0.29) is 24.3 Å². The first-order valence-corrected chi connectivity index (χ1v) is 12.8. The molecule has 188 valence electrons. The van der Waals surface area contributed by atoms with E-state index >= 15 is 0 Å². The molecule has 1 fully saturated rings. The number of hydrogen-bond donors (Lipinski definition) is 1. The van der Waals surface area contributed by atoms with Crippen LogP contribution in [0.2, 0.25) is 0 Å². The highest BCUT2D eigenvalue weighted by molar-refractivity contribution is 6.25. The van der Waals surface area contributed by atoms with Crippen LogP contribution in [0.3, 0.4) is 0 Å². The lowest BCUT2D eigenvalue weighted by molar-refractivity contribution is 0.0452. The standard InChI is InChI=1S/C30H34N2O4/c1-19-14-20(2)28(21(3)15-19)36-18-24(33)17-31-12-10-22(11-13-31)16-32-29(34)25-8-4-6-23-7-5-9-26(27(23)25)30(32)35/h4-9,14-15,22,24,33H,10-13,16-18H2,1-3H3/t24-/m0/s1. The molecule has 0 aromatic heterocycles. The zero-order valence-electron chi connectivity index (χ0n) is 21.3. The first-order chi connectivity index (χ1) is 17.3. The van der Waals surface area contributed by atoms with E-state index in [4.69, 9.17) is 4.74 Å². The van der Waals surface area contributed by atoms with Crippen molar-refractivity contribution in [3.05, 3.63) is 76.3 Å². The fraction of sp³-hybridized carbons (Fsp3) is 0.400. The zero-order chi connectivity index (χ0) is 25.4. The largest absolute Gasteiger partial charge is 0.490 e. The number of hydrogen-bond acceptors (Lipinski definition) is 5. The molecule has 2 heterocycles. The van der Waals surface area contributed by atoms with E-state index in [0.717, 1.165) is 53.6 Å². The van der Waals surface area contributed by atoms with E-state index in [2.05, 4.69) is 24.0 Å². The monoisotopic (exact) mass is 486 g/mol. The molecule has 5 rings (SSSR count). The number of aliphatic hydroxyl groups excluding tert-OH is 1. The number of piperidine rings is 1. The normalized spacial score (nSPS) is 17.6. The van der Waals surface area contributed by atoms with Crippen molar-refractivity contribution in [1.82, 2.24) is 9.80 Å². The molecule has 0 bridgehead atoms. The first-order valence-electron chi connectivity index (χ1n) is 12.8. The smallest absolute Gasteiger partial charge is 0.261 e. The predicted molar refractivity (Wildman–Crippen MR) is 141 cm³/mol. The number of rotatable bonds is 7. The van der Waals surface area contributed by atoms with Crippen LogP contribution in [0.4, 0.5) is 0 Å². The number of nitrogens with zero attached hydrogens (tertiary/aromatic N) is 2. The second-order valence-electron chi connectivity index (χ2n) is 10.4. The predicted octanol–water partition coefficient (Wildman–Crippen LogP) is 4.51. The maximum atomic E-state index is 13.2. The molecular formula is C30H34N2O4. The number of imide groups is 1. The van der Waals surface area contributed by atoms with Crippen LogP contribution >= 0.6 is 0 Å². The van der Waals surface area contributed by atoms with Crippen LogP contribution in [0, 0.1) is 26.7 Å². The molecule has 2 aliphatic rings. The summed E-state index contributed by atoms with van der Waals surface area (Å²) in [6.45, 7) is 9.03. The number of carbonyl (C=O) groups is 2. The molecule has 0 radical (unpaired) electrons. The van der Waals surface area contributed by atoms with E-state index in [9.17, 15) is 14.7 Å². The van der Waals surface area contributed by atoms with Crippen molar-refractivity contribution in [3.8, 4) is 5.75 Å². The third kappa shape index (κ3) is 4.75. The third-order valence-electron chi connectivity index (χ3n) is 7.50. The molecule has 2 aliphatic heterocycles. The van der Waals surface area contributed by atoms with E-state index < -0.39 is 6.10 Å². The highest BCUT2D eigenvalue weighted by Crippen LogP contribution is 2.31. The highest BCUT2D eigenvalue weighted by Gasteiger charge is 2.35. The Morgan fingerprint density at radius 2 is 1.53 bits per heavy atom. The van der Waals surface area contributed by atoms with Crippen LogP contribution in [-0.2, 0) is 0 Å². The molecule has 36 heavy (non-hydrogen) atoms. The van der Waals surface area contributed by atoms with Crippen molar-refractivity contribution in [2.24, 2.45) is 5.92 Å². The molecule has 1 saturated heterocycles. The van der Waals surface area contributed by atoms with Crippen LogP contribution < -0.4 is 4.74 Å². The van der Waals surface area contributed by atoms with E-state index in [1.807, 2.05) is 50.2 Å². The van der Waals surface area contributed by atoms with Gasteiger partial charge in [-0.05, 0) is 81.3 Å². The van der Waals surface area contributed by atoms with Gasteiger partial charge in [-0.15, -0.1) is 0 Å². The maximum absolute atomic E-state index is 13.2. The van der Waals surface area contributed by atoms with Gasteiger partial charge in [0.15, 0.2) is 0 Å². The van der Waals surface area contributed by atoms with Gasteiger partial charge in [0, 0.05) is 29.6 Å². The van der Waals surface area contributed by atoms with Gasteiger partial charge in [-0.25, -0.2) is 0 Å².